The topological polar surface area (TPSA) is 42.7 Å². The van der Waals surface area contributed by atoms with E-state index < -0.39 is 0 Å². The molecule has 0 bridgehead atoms. The first-order valence-corrected chi connectivity index (χ1v) is 7.34. The molecule has 1 N–H and O–H groups in total. The third-order valence-corrected chi connectivity index (χ3v) is 3.85. The lowest BCUT2D eigenvalue weighted by Crippen LogP contribution is -2.19. The van der Waals surface area contributed by atoms with Crippen molar-refractivity contribution in [2.24, 2.45) is 0 Å². The molecule has 3 rings (SSSR count). The molecule has 4 heteroatoms. The predicted molar refractivity (Wildman–Crippen MR) is 85.1 cm³/mol. The van der Waals surface area contributed by atoms with Gasteiger partial charge in [-0.15, -0.1) is 0 Å². The number of hydrogen-bond donors (Lipinski definition) is 1. The fourth-order valence-electron chi connectivity index (χ4n) is 2.72. The number of aryl methyl sites for hydroxylation is 1. The fourth-order valence-corrected chi connectivity index (χ4v) is 2.72. The Morgan fingerprint density at radius 1 is 1.24 bits per heavy atom. The van der Waals surface area contributed by atoms with E-state index in [0.29, 0.717) is 0 Å². The van der Waals surface area contributed by atoms with Crippen LogP contribution in [0.15, 0.2) is 48.9 Å². The van der Waals surface area contributed by atoms with Gasteiger partial charge in [0.05, 0.1) is 11.7 Å². The average molecular weight is 280 g/mol. The highest BCUT2D eigenvalue weighted by Gasteiger charge is 2.14. The van der Waals surface area contributed by atoms with Gasteiger partial charge in [0.15, 0.2) is 0 Å². The first-order valence-electron chi connectivity index (χ1n) is 7.34. The van der Waals surface area contributed by atoms with Crippen LogP contribution >= 0.6 is 0 Å². The molecule has 4 nitrogen and oxygen atoms in total. The van der Waals surface area contributed by atoms with Gasteiger partial charge in [-0.1, -0.05) is 18.2 Å². The predicted octanol–water partition coefficient (Wildman–Crippen LogP) is 2.95. The normalized spacial score (nSPS) is 12.7. The van der Waals surface area contributed by atoms with Crippen molar-refractivity contribution < 1.29 is 0 Å². The molecule has 0 spiro atoms. The molecule has 108 valence electrons. The van der Waals surface area contributed by atoms with Crippen molar-refractivity contribution in [3.05, 3.63) is 60.0 Å². The van der Waals surface area contributed by atoms with E-state index >= 15 is 0 Å². The summed E-state index contributed by atoms with van der Waals surface area (Å²) < 4.78 is 1.96. The smallest absolute Gasteiger partial charge is 0.0705 e. The van der Waals surface area contributed by atoms with E-state index in [1.165, 1.54) is 16.5 Å². The third kappa shape index (κ3) is 2.81. The number of nitrogens with zero attached hydrogens (tertiary/aromatic N) is 3. The monoisotopic (exact) mass is 280 g/mol. The van der Waals surface area contributed by atoms with Gasteiger partial charge in [0, 0.05) is 30.4 Å². The van der Waals surface area contributed by atoms with Crippen LogP contribution in [-0.4, -0.2) is 21.8 Å². The Morgan fingerprint density at radius 3 is 2.90 bits per heavy atom. The summed E-state index contributed by atoms with van der Waals surface area (Å²) in [6.45, 7) is 3.01. The highest BCUT2D eigenvalue weighted by molar-refractivity contribution is 5.82. The molecule has 0 aliphatic carbocycles. The Labute approximate surface area is 124 Å². The molecule has 21 heavy (non-hydrogen) atoms. The van der Waals surface area contributed by atoms with Gasteiger partial charge in [0.2, 0.25) is 0 Å². The second-order valence-electron chi connectivity index (χ2n) is 5.17. The third-order valence-electron chi connectivity index (χ3n) is 3.85. The summed E-state index contributed by atoms with van der Waals surface area (Å²) >= 11 is 0. The minimum Gasteiger partial charge on any atom is -0.313 e. The Bertz CT molecular complexity index is 727. The van der Waals surface area contributed by atoms with Gasteiger partial charge >= 0.3 is 0 Å². The minimum atomic E-state index is 0.257. The zero-order valence-corrected chi connectivity index (χ0v) is 12.5. The molecule has 1 unspecified atom stereocenters. The SMILES string of the molecule is CCn1cc(CC(NC)c2cccc3ncccc23)cn1. The second kappa shape index (κ2) is 6.06. The molecule has 0 radical (unpaired) electrons. The fraction of sp³-hybridized carbons (Fsp3) is 0.294. The summed E-state index contributed by atoms with van der Waals surface area (Å²) in [4.78, 5) is 4.44. The largest absolute Gasteiger partial charge is 0.313 e. The van der Waals surface area contributed by atoms with E-state index in [1.54, 1.807) is 0 Å². The van der Waals surface area contributed by atoms with Crippen molar-refractivity contribution in [1.29, 1.82) is 0 Å². The van der Waals surface area contributed by atoms with Crippen molar-refractivity contribution >= 4 is 10.9 Å². The quantitative estimate of drug-likeness (QED) is 0.781. The average Bonchev–Trinajstić information content (AvgIpc) is 3.00. The summed E-state index contributed by atoms with van der Waals surface area (Å²) in [7, 11) is 2.00. The Kier molecular flexibility index (Phi) is 3.97. The number of aromatic nitrogens is 3. The van der Waals surface area contributed by atoms with E-state index in [9.17, 15) is 0 Å². The van der Waals surface area contributed by atoms with E-state index in [-0.39, 0.29) is 6.04 Å². The van der Waals surface area contributed by atoms with Crippen molar-refractivity contribution in [2.75, 3.05) is 7.05 Å². The number of benzene rings is 1. The van der Waals surface area contributed by atoms with Gasteiger partial charge in [0.1, 0.15) is 0 Å². The second-order valence-corrected chi connectivity index (χ2v) is 5.17. The molecule has 1 atom stereocenters. The number of nitrogens with one attached hydrogen (secondary N) is 1. The molecule has 0 aliphatic rings. The van der Waals surface area contributed by atoms with E-state index in [2.05, 4.69) is 52.8 Å². The zero-order valence-electron chi connectivity index (χ0n) is 12.5. The number of pyridine rings is 1. The maximum Gasteiger partial charge on any atom is 0.0705 e. The first-order chi connectivity index (χ1) is 10.3. The van der Waals surface area contributed by atoms with E-state index in [0.717, 1.165) is 18.5 Å². The molecule has 0 saturated heterocycles. The van der Waals surface area contributed by atoms with Crippen LogP contribution in [-0.2, 0) is 13.0 Å². The summed E-state index contributed by atoms with van der Waals surface area (Å²) in [5, 5.41) is 8.99. The molecule has 3 aromatic rings. The summed E-state index contributed by atoms with van der Waals surface area (Å²) in [5.74, 6) is 0. The van der Waals surface area contributed by atoms with Crippen molar-refractivity contribution in [1.82, 2.24) is 20.1 Å². The Balaban J connectivity index is 1.94. The van der Waals surface area contributed by atoms with Crippen LogP contribution in [0.4, 0.5) is 0 Å². The molecular formula is C17H20N4. The van der Waals surface area contributed by atoms with Gasteiger partial charge in [-0.2, -0.15) is 5.10 Å². The van der Waals surface area contributed by atoms with Crippen molar-refractivity contribution in [3.8, 4) is 0 Å². The molecule has 1 aromatic carbocycles. The lowest BCUT2D eigenvalue weighted by atomic mass is 9.97. The van der Waals surface area contributed by atoms with Gasteiger partial charge < -0.3 is 5.32 Å². The first kappa shape index (κ1) is 13.8. The molecule has 0 saturated carbocycles. The van der Waals surface area contributed by atoms with Crippen LogP contribution in [0.1, 0.15) is 24.1 Å². The highest BCUT2D eigenvalue weighted by Crippen LogP contribution is 2.25. The highest BCUT2D eigenvalue weighted by atomic mass is 15.3. The van der Waals surface area contributed by atoms with Crippen LogP contribution in [0.25, 0.3) is 10.9 Å². The molecule has 0 aliphatic heterocycles. The molecule has 0 amide bonds. The number of rotatable bonds is 5. The molecule has 2 aromatic heterocycles. The number of fused-ring (bicyclic) bond motifs is 1. The zero-order chi connectivity index (χ0) is 14.7. The minimum absolute atomic E-state index is 0.257. The summed E-state index contributed by atoms with van der Waals surface area (Å²) in [5.41, 5.74) is 3.57. The summed E-state index contributed by atoms with van der Waals surface area (Å²) in [6, 6.07) is 10.7. The van der Waals surface area contributed by atoms with Crippen LogP contribution < -0.4 is 5.32 Å². The summed E-state index contributed by atoms with van der Waals surface area (Å²) in [6.07, 6.45) is 6.83. The lowest BCUT2D eigenvalue weighted by Gasteiger charge is -2.17. The molecular weight excluding hydrogens is 260 g/mol. The maximum atomic E-state index is 4.44. The van der Waals surface area contributed by atoms with Gasteiger partial charge in [-0.25, -0.2) is 0 Å². The van der Waals surface area contributed by atoms with E-state index in [4.69, 9.17) is 0 Å². The van der Waals surface area contributed by atoms with Crippen molar-refractivity contribution in [3.63, 3.8) is 0 Å². The van der Waals surface area contributed by atoms with Crippen LogP contribution in [0.2, 0.25) is 0 Å². The molecule has 0 fully saturated rings. The molecule has 2 heterocycles. The maximum absolute atomic E-state index is 4.44. The van der Waals surface area contributed by atoms with Gasteiger partial charge in [0.25, 0.3) is 0 Å². The van der Waals surface area contributed by atoms with E-state index in [1.807, 2.05) is 30.2 Å². The Morgan fingerprint density at radius 2 is 2.14 bits per heavy atom. The number of likely N-dealkylation sites (N-methyl/N-ethyl adjacent to an activating group) is 1. The number of hydrogen-bond acceptors (Lipinski definition) is 3. The van der Waals surface area contributed by atoms with Crippen LogP contribution in [0.5, 0.6) is 0 Å². The van der Waals surface area contributed by atoms with Crippen LogP contribution in [0.3, 0.4) is 0 Å². The van der Waals surface area contributed by atoms with Crippen LogP contribution in [0, 0.1) is 0 Å². The standard InChI is InChI=1S/C17H20N4/c1-3-21-12-13(11-20-21)10-17(18-2)15-6-4-8-16-14(15)7-5-9-19-16/h4-9,11-12,17-18H,3,10H2,1-2H3. The van der Waals surface area contributed by atoms with Gasteiger partial charge in [-0.3, -0.25) is 9.67 Å². The van der Waals surface area contributed by atoms with Crippen molar-refractivity contribution in [2.45, 2.75) is 25.9 Å². The van der Waals surface area contributed by atoms with Gasteiger partial charge in [-0.05, 0) is 43.7 Å². The Hall–Kier alpha value is -2.20. The lowest BCUT2D eigenvalue weighted by molar-refractivity contribution is 0.595.